The zero-order chi connectivity index (χ0) is 21.6. The third-order valence-electron chi connectivity index (χ3n) is 4.27. The molecular weight excluding hydrogens is 394 g/mol. The average Bonchev–Trinajstić information content (AvgIpc) is 2.68. The molecule has 0 atom stereocenters. The van der Waals surface area contributed by atoms with Crippen LogP contribution in [0.5, 0.6) is 5.75 Å². The molecule has 2 rings (SSSR count). The van der Waals surface area contributed by atoms with Gasteiger partial charge in [0.05, 0.1) is 25.1 Å². The number of rotatable bonds is 8. The summed E-state index contributed by atoms with van der Waals surface area (Å²) < 4.78 is 31.2. The molecule has 0 aliphatic carbocycles. The fraction of sp³-hybridized carbons (Fsp3) is 0.300. The van der Waals surface area contributed by atoms with Crippen molar-refractivity contribution in [2.24, 2.45) is 0 Å². The van der Waals surface area contributed by atoms with Crippen molar-refractivity contribution in [3.05, 3.63) is 54.1 Å². The number of carbonyl (C=O) groups excluding carboxylic acids is 2. The highest BCUT2D eigenvalue weighted by Crippen LogP contribution is 2.16. The monoisotopic (exact) mass is 419 g/mol. The summed E-state index contributed by atoms with van der Waals surface area (Å²) in [4.78, 5) is 25.8. The number of benzene rings is 2. The third-order valence-corrected chi connectivity index (χ3v) is 6.09. The second kappa shape index (κ2) is 9.53. The molecule has 0 saturated heterocycles. The van der Waals surface area contributed by atoms with Gasteiger partial charge < -0.3 is 15.0 Å². The first-order chi connectivity index (χ1) is 13.6. The highest BCUT2D eigenvalue weighted by molar-refractivity contribution is 7.89. The standard InChI is InChI=1S/C20H25N3O5S/c1-15-5-11-18(12-6-15)29(26,27)23(3)14-20(25)22(2)13-19(24)21-16-7-9-17(28-4)10-8-16/h5-12H,13-14H2,1-4H3,(H,21,24). The van der Waals surface area contributed by atoms with Crippen molar-refractivity contribution in [2.45, 2.75) is 11.8 Å². The molecule has 0 saturated carbocycles. The maximum absolute atomic E-state index is 12.6. The van der Waals surface area contributed by atoms with E-state index >= 15 is 0 Å². The topological polar surface area (TPSA) is 96.0 Å². The minimum atomic E-state index is -3.79. The Morgan fingerprint density at radius 3 is 2.10 bits per heavy atom. The van der Waals surface area contributed by atoms with E-state index in [0.717, 1.165) is 9.87 Å². The summed E-state index contributed by atoms with van der Waals surface area (Å²) in [6.45, 7) is 1.28. The zero-order valence-corrected chi connectivity index (χ0v) is 17.7. The summed E-state index contributed by atoms with van der Waals surface area (Å²) in [5, 5.41) is 2.67. The quantitative estimate of drug-likeness (QED) is 0.703. The molecule has 0 spiro atoms. The number of nitrogens with one attached hydrogen (secondary N) is 1. The Morgan fingerprint density at radius 2 is 1.55 bits per heavy atom. The van der Waals surface area contributed by atoms with Crippen molar-refractivity contribution in [3.63, 3.8) is 0 Å². The van der Waals surface area contributed by atoms with Crippen molar-refractivity contribution in [2.75, 3.05) is 39.6 Å². The summed E-state index contributed by atoms with van der Waals surface area (Å²) in [6.07, 6.45) is 0. The molecule has 0 bridgehead atoms. The van der Waals surface area contributed by atoms with E-state index in [1.54, 1.807) is 43.5 Å². The Kier molecular flexibility index (Phi) is 7.35. The number of nitrogens with zero attached hydrogens (tertiary/aromatic N) is 2. The van der Waals surface area contributed by atoms with Gasteiger partial charge >= 0.3 is 0 Å². The Balaban J connectivity index is 1.93. The van der Waals surface area contributed by atoms with Crippen molar-refractivity contribution in [1.29, 1.82) is 0 Å². The molecule has 0 fully saturated rings. The van der Waals surface area contributed by atoms with Crippen LogP contribution in [-0.2, 0) is 19.6 Å². The van der Waals surface area contributed by atoms with Crippen molar-refractivity contribution >= 4 is 27.5 Å². The molecule has 1 N–H and O–H groups in total. The van der Waals surface area contributed by atoms with Crippen LogP contribution >= 0.6 is 0 Å². The number of likely N-dealkylation sites (N-methyl/N-ethyl adjacent to an activating group) is 2. The van der Waals surface area contributed by atoms with Crippen LogP contribution in [0.25, 0.3) is 0 Å². The predicted molar refractivity (Wildman–Crippen MR) is 110 cm³/mol. The zero-order valence-electron chi connectivity index (χ0n) is 16.9. The van der Waals surface area contributed by atoms with Crippen molar-refractivity contribution in [3.8, 4) is 5.75 Å². The summed E-state index contributed by atoms with van der Waals surface area (Å²) in [7, 11) is 0.530. The van der Waals surface area contributed by atoms with Crippen LogP contribution < -0.4 is 10.1 Å². The average molecular weight is 420 g/mol. The third kappa shape index (κ3) is 6.03. The largest absolute Gasteiger partial charge is 0.497 e. The first-order valence-electron chi connectivity index (χ1n) is 8.84. The summed E-state index contributed by atoms with van der Waals surface area (Å²) >= 11 is 0. The van der Waals surface area contributed by atoms with Gasteiger partial charge in [-0.25, -0.2) is 8.42 Å². The van der Waals surface area contributed by atoms with E-state index in [9.17, 15) is 18.0 Å². The van der Waals surface area contributed by atoms with Crippen LogP contribution in [0.3, 0.4) is 0 Å². The second-order valence-corrected chi connectivity index (χ2v) is 8.65. The van der Waals surface area contributed by atoms with E-state index in [0.29, 0.717) is 11.4 Å². The van der Waals surface area contributed by atoms with E-state index in [2.05, 4.69) is 5.32 Å². The number of anilines is 1. The maximum Gasteiger partial charge on any atom is 0.243 e. The van der Waals surface area contributed by atoms with Gasteiger partial charge in [-0.1, -0.05) is 17.7 Å². The first-order valence-corrected chi connectivity index (χ1v) is 10.3. The van der Waals surface area contributed by atoms with Crippen LogP contribution in [0, 0.1) is 6.92 Å². The summed E-state index contributed by atoms with van der Waals surface area (Å²) in [5.74, 6) is -0.226. The Morgan fingerprint density at radius 1 is 0.966 bits per heavy atom. The molecule has 8 nitrogen and oxygen atoms in total. The Hall–Kier alpha value is -2.91. The van der Waals surface area contributed by atoms with Gasteiger partial charge in [-0.3, -0.25) is 9.59 Å². The number of methoxy groups -OCH3 is 1. The summed E-state index contributed by atoms with van der Waals surface area (Å²) in [5.41, 5.74) is 1.50. The smallest absolute Gasteiger partial charge is 0.243 e. The number of hydrogen-bond acceptors (Lipinski definition) is 5. The molecule has 0 radical (unpaired) electrons. The lowest BCUT2D eigenvalue weighted by atomic mass is 10.2. The molecule has 29 heavy (non-hydrogen) atoms. The molecule has 0 aliphatic rings. The minimum Gasteiger partial charge on any atom is -0.497 e. The molecule has 0 unspecified atom stereocenters. The van der Waals surface area contributed by atoms with Crippen LogP contribution in [0.2, 0.25) is 0 Å². The lowest BCUT2D eigenvalue weighted by Crippen LogP contribution is -2.42. The van der Waals surface area contributed by atoms with Gasteiger partial charge in [-0.15, -0.1) is 0 Å². The van der Waals surface area contributed by atoms with Gasteiger partial charge in [0.2, 0.25) is 21.8 Å². The lowest BCUT2D eigenvalue weighted by molar-refractivity contribution is -0.133. The number of amides is 2. The molecule has 2 amide bonds. The Labute approximate surface area is 171 Å². The van der Waals surface area contributed by atoms with Crippen LogP contribution in [-0.4, -0.2) is 63.7 Å². The van der Waals surface area contributed by atoms with Gasteiger partial charge in [0.1, 0.15) is 5.75 Å². The number of carbonyl (C=O) groups is 2. The molecule has 0 aromatic heterocycles. The van der Waals surface area contributed by atoms with E-state index < -0.39 is 21.8 Å². The van der Waals surface area contributed by atoms with Crippen molar-refractivity contribution < 1.29 is 22.7 Å². The second-order valence-electron chi connectivity index (χ2n) is 6.60. The fourth-order valence-corrected chi connectivity index (χ4v) is 3.59. The molecule has 0 aliphatic heterocycles. The van der Waals surface area contributed by atoms with E-state index in [4.69, 9.17) is 4.74 Å². The highest BCUT2D eigenvalue weighted by Gasteiger charge is 2.24. The molecule has 2 aromatic carbocycles. The number of sulfonamides is 1. The molecule has 2 aromatic rings. The number of aryl methyl sites for hydroxylation is 1. The van der Waals surface area contributed by atoms with E-state index in [-0.39, 0.29) is 18.0 Å². The molecule has 156 valence electrons. The lowest BCUT2D eigenvalue weighted by Gasteiger charge is -2.21. The van der Waals surface area contributed by atoms with E-state index in [1.165, 1.54) is 31.1 Å². The number of ether oxygens (including phenoxy) is 1. The molecular formula is C20H25N3O5S. The van der Waals surface area contributed by atoms with Crippen LogP contribution in [0.15, 0.2) is 53.4 Å². The normalized spacial score (nSPS) is 11.2. The van der Waals surface area contributed by atoms with Crippen LogP contribution in [0.1, 0.15) is 5.56 Å². The summed E-state index contributed by atoms with van der Waals surface area (Å²) in [6, 6.07) is 13.2. The van der Waals surface area contributed by atoms with Gasteiger partial charge in [-0.2, -0.15) is 4.31 Å². The fourth-order valence-electron chi connectivity index (χ4n) is 2.46. The minimum absolute atomic E-state index is 0.110. The predicted octanol–water partition coefficient (Wildman–Crippen LogP) is 1.72. The van der Waals surface area contributed by atoms with Gasteiger partial charge in [-0.05, 0) is 43.3 Å². The van der Waals surface area contributed by atoms with Crippen LogP contribution in [0.4, 0.5) is 5.69 Å². The molecule has 0 heterocycles. The van der Waals surface area contributed by atoms with Gasteiger partial charge in [0, 0.05) is 19.8 Å². The van der Waals surface area contributed by atoms with E-state index in [1.807, 2.05) is 6.92 Å². The number of hydrogen-bond donors (Lipinski definition) is 1. The van der Waals surface area contributed by atoms with Gasteiger partial charge in [0.25, 0.3) is 0 Å². The highest BCUT2D eigenvalue weighted by atomic mass is 32.2. The SMILES string of the molecule is COc1ccc(NC(=O)CN(C)C(=O)CN(C)S(=O)(=O)c2ccc(C)cc2)cc1. The van der Waals surface area contributed by atoms with Gasteiger partial charge in [0.15, 0.2) is 0 Å². The first kappa shape index (κ1) is 22.4. The van der Waals surface area contributed by atoms with Crippen molar-refractivity contribution in [1.82, 2.24) is 9.21 Å². The maximum atomic E-state index is 12.6. The Bertz CT molecular complexity index is 957. The molecule has 9 heteroatoms.